The number of fused-ring (bicyclic) bond motifs is 8. The van der Waals surface area contributed by atoms with Crippen molar-refractivity contribution in [3.8, 4) is 0 Å². The molecule has 0 amide bonds. The van der Waals surface area contributed by atoms with Crippen LogP contribution in [0.5, 0.6) is 0 Å². The third-order valence-corrected chi connectivity index (χ3v) is 6.52. The Morgan fingerprint density at radius 2 is 0.667 bits per heavy atom. The van der Waals surface area contributed by atoms with E-state index in [1.165, 1.54) is 64.6 Å². The fraction of sp³-hybridized carbons (Fsp3) is 0. The van der Waals surface area contributed by atoms with E-state index >= 15 is 0 Å². The van der Waals surface area contributed by atoms with Crippen LogP contribution in [0.15, 0.2) is 109 Å². The molecule has 0 unspecified atom stereocenters. The highest BCUT2D eigenvalue weighted by Crippen LogP contribution is 2.35. The van der Waals surface area contributed by atoms with E-state index in [2.05, 4.69) is 109 Å². The van der Waals surface area contributed by atoms with E-state index in [0.717, 1.165) is 0 Å². The first kappa shape index (κ1) is 16.0. The van der Waals surface area contributed by atoms with E-state index in [1.54, 1.807) is 0 Å². The smallest absolute Gasteiger partial charge is 0.00986 e. The van der Waals surface area contributed by atoms with Gasteiger partial charge in [-0.15, -0.1) is 0 Å². The zero-order valence-electron chi connectivity index (χ0n) is 16.4. The summed E-state index contributed by atoms with van der Waals surface area (Å²) in [5.41, 5.74) is 0. The van der Waals surface area contributed by atoms with Gasteiger partial charge in [-0.3, -0.25) is 0 Å². The van der Waals surface area contributed by atoms with E-state index in [0.29, 0.717) is 0 Å². The van der Waals surface area contributed by atoms with Crippen LogP contribution in [-0.4, -0.2) is 0 Å². The van der Waals surface area contributed by atoms with Gasteiger partial charge in [0.2, 0.25) is 0 Å². The Hall–Kier alpha value is -3.90. The number of hydrogen-bond acceptors (Lipinski definition) is 0. The van der Waals surface area contributed by atoms with Gasteiger partial charge in [0.15, 0.2) is 0 Å². The number of rotatable bonds is 0. The fourth-order valence-corrected chi connectivity index (χ4v) is 5.00. The average Bonchev–Trinajstić information content (AvgIpc) is 2.80. The molecule has 0 saturated carbocycles. The summed E-state index contributed by atoms with van der Waals surface area (Å²) < 4.78 is 0. The molecular weight excluding hydrogens is 360 g/mol. The Balaban J connectivity index is 1.64. The van der Waals surface area contributed by atoms with E-state index < -0.39 is 0 Å². The Morgan fingerprint density at radius 3 is 1.37 bits per heavy atom. The normalized spacial score (nSPS) is 12.0. The second-order valence-corrected chi connectivity index (χ2v) is 8.27. The van der Waals surface area contributed by atoms with E-state index in [4.69, 9.17) is 0 Å². The summed E-state index contributed by atoms with van der Waals surface area (Å²) in [4.78, 5) is 0. The van der Waals surface area contributed by atoms with Crippen molar-refractivity contribution in [1.29, 1.82) is 0 Å². The van der Waals surface area contributed by atoms with Crippen LogP contribution >= 0.6 is 0 Å². The molecule has 0 radical (unpaired) electrons. The van der Waals surface area contributed by atoms with Gasteiger partial charge in [-0.2, -0.15) is 0 Å². The molecule has 0 N–H and O–H groups in total. The standard InChI is InChI=1S/C30H18/c1-2-7-21-14-26-17-28-24(16-25(26)13-20(21)6-1)12-11-23-15-22-10-9-19-5-3-4-8-27(19)29(22)18-30(23)28/h1-18H. The lowest BCUT2D eigenvalue weighted by atomic mass is 9.93. The third-order valence-electron chi connectivity index (χ3n) is 6.52. The molecule has 0 heterocycles. The maximum absolute atomic E-state index is 2.39. The van der Waals surface area contributed by atoms with Gasteiger partial charge in [0.05, 0.1) is 0 Å². The molecule has 7 aromatic carbocycles. The highest BCUT2D eigenvalue weighted by Gasteiger charge is 2.08. The SMILES string of the molecule is c1ccc2cc3cc4c(ccc5cc6ccc7ccccc7c6cc54)cc3cc2c1. The maximum Gasteiger partial charge on any atom is -0.00986 e. The first-order valence-electron chi connectivity index (χ1n) is 10.4. The van der Waals surface area contributed by atoms with Crippen molar-refractivity contribution in [2.45, 2.75) is 0 Å². The van der Waals surface area contributed by atoms with Crippen LogP contribution in [0.4, 0.5) is 0 Å². The minimum Gasteiger partial charge on any atom is -0.0616 e. The molecule has 0 bridgehead atoms. The zero-order valence-corrected chi connectivity index (χ0v) is 16.4. The van der Waals surface area contributed by atoms with Crippen LogP contribution in [0.3, 0.4) is 0 Å². The van der Waals surface area contributed by atoms with E-state index in [-0.39, 0.29) is 0 Å². The van der Waals surface area contributed by atoms with Crippen molar-refractivity contribution in [3.05, 3.63) is 109 Å². The van der Waals surface area contributed by atoms with Crippen LogP contribution in [0, 0.1) is 0 Å². The summed E-state index contributed by atoms with van der Waals surface area (Å²) >= 11 is 0. The lowest BCUT2D eigenvalue weighted by Crippen LogP contribution is -1.83. The third kappa shape index (κ3) is 2.22. The molecule has 0 spiro atoms. The molecule has 0 fully saturated rings. The number of hydrogen-bond donors (Lipinski definition) is 0. The number of benzene rings is 7. The lowest BCUT2D eigenvalue weighted by molar-refractivity contribution is 1.78. The molecule has 0 aromatic heterocycles. The highest BCUT2D eigenvalue weighted by molar-refractivity contribution is 6.19. The predicted molar refractivity (Wildman–Crippen MR) is 131 cm³/mol. The van der Waals surface area contributed by atoms with Crippen molar-refractivity contribution < 1.29 is 0 Å². The maximum atomic E-state index is 2.39. The monoisotopic (exact) mass is 378 g/mol. The van der Waals surface area contributed by atoms with Crippen molar-refractivity contribution >= 4 is 64.6 Å². The molecule has 0 atom stereocenters. The van der Waals surface area contributed by atoms with Crippen molar-refractivity contribution in [2.24, 2.45) is 0 Å². The summed E-state index contributed by atoms with van der Waals surface area (Å²) in [6, 6.07) is 40.3. The largest absolute Gasteiger partial charge is 0.0616 e. The topological polar surface area (TPSA) is 0 Å². The van der Waals surface area contributed by atoms with Crippen LogP contribution in [-0.2, 0) is 0 Å². The van der Waals surface area contributed by atoms with Gasteiger partial charge >= 0.3 is 0 Å². The van der Waals surface area contributed by atoms with E-state index in [1.807, 2.05) is 0 Å². The zero-order chi connectivity index (χ0) is 19.7. The van der Waals surface area contributed by atoms with Gasteiger partial charge in [-0.1, -0.05) is 72.8 Å². The summed E-state index contributed by atoms with van der Waals surface area (Å²) in [6.07, 6.45) is 0. The van der Waals surface area contributed by atoms with Gasteiger partial charge in [-0.05, 0) is 101 Å². The summed E-state index contributed by atoms with van der Waals surface area (Å²) in [5, 5.41) is 15.7. The van der Waals surface area contributed by atoms with Gasteiger partial charge in [0, 0.05) is 0 Å². The first-order chi connectivity index (χ1) is 14.8. The van der Waals surface area contributed by atoms with Gasteiger partial charge in [0.1, 0.15) is 0 Å². The minimum absolute atomic E-state index is 1.29. The van der Waals surface area contributed by atoms with Crippen molar-refractivity contribution in [1.82, 2.24) is 0 Å². The molecule has 0 nitrogen and oxygen atoms in total. The van der Waals surface area contributed by atoms with Gasteiger partial charge in [-0.25, -0.2) is 0 Å². The van der Waals surface area contributed by atoms with Crippen LogP contribution in [0.2, 0.25) is 0 Å². The Kier molecular flexibility index (Phi) is 3.09. The molecule has 7 aromatic rings. The highest BCUT2D eigenvalue weighted by atomic mass is 14.1. The molecular formula is C30H18. The second-order valence-electron chi connectivity index (χ2n) is 8.27. The van der Waals surface area contributed by atoms with Crippen LogP contribution in [0.25, 0.3) is 64.6 Å². The molecule has 0 aliphatic carbocycles. The molecule has 7 rings (SSSR count). The Morgan fingerprint density at radius 1 is 0.233 bits per heavy atom. The summed E-state index contributed by atoms with van der Waals surface area (Å²) in [5.74, 6) is 0. The molecule has 0 aliphatic heterocycles. The van der Waals surface area contributed by atoms with Gasteiger partial charge < -0.3 is 0 Å². The average molecular weight is 378 g/mol. The first-order valence-corrected chi connectivity index (χ1v) is 10.4. The van der Waals surface area contributed by atoms with Crippen LogP contribution < -0.4 is 0 Å². The predicted octanol–water partition coefficient (Wildman–Crippen LogP) is 8.61. The van der Waals surface area contributed by atoms with Crippen LogP contribution in [0.1, 0.15) is 0 Å². The van der Waals surface area contributed by atoms with Gasteiger partial charge in [0.25, 0.3) is 0 Å². The lowest BCUT2D eigenvalue weighted by Gasteiger charge is -2.10. The minimum atomic E-state index is 1.29. The second kappa shape index (κ2) is 5.81. The molecule has 30 heavy (non-hydrogen) atoms. The quantitative estimate of drug-likeness (QED) is 0.183. The Labute approximate surface area is 174 Å². The van der Waals surface area contributed by atoms with E-state index in [9.17, 15) is 0 Å². The Bertz CT molecular complexity index is 1790. The molecule has 0 aliphatic rings. The molecule has 0 saturated heterocycles. The molecule has 138 valence electrons. The fourth-order valence-electron chi connectivity index (χ4n) is 5.00. The summed E-state index contributed by atoms with van der Waals surface area (Å²) in [7, 11) is 0. The molecule has 0 heteroatoms. The summed E-state index contributed by atoms with van der Waals surface area (Å²) in [6.45, 7) is 0. The van der Waals surface area contributed by atoms with Crippen molar-refractivity contribution in [2.75, 3.05) is 0 Å². The van der Waals surface area contributed by atoms with Crippen molar-refractivity contribution in [3.63, 3.8) is 0 Å².